The van der Waals surface area contributed by atoms with Crippen molar-refractivity contribution in [2.45, 2.75) is 65.0 Å². The van der Waals surface area contributed by atoms with Crippen LogP contribution in [-0.2, 0) is 14.3 Å². The van der Waals surface area contributed by atoms with Gasteiger partial charge in [0, 0.05) is 6.04 Å². The highest BCUT2D eigenvalue weighted by atomic mass is 16.5. The van der Waals surface area contributed by atoms with E-state index in [2.05, 4.69) is 5.32 Å². The summed E-state index contributed by atoms with van der Waals surface area (Å²) in [5, 5.41) is 12.4. The van der Waals surface area contributed by atoms with E-state index in [0.717, 1.165) is 25.7 Å². The lowest BCUT2D eigenvalue weighted by atomic mass is 9.77. The Morgan fingerprint density at radius 2 is 2.05 bits per heavy atom. The molecule has 0 saturated heterocycles. The third kappa shape index (κ3) is 4.78. The van der Waals surface area contributed by atoms with Gasteiger partial charge in [-0.25, -0.2) is 0 Å². The zero-order valence-electron chi connectivity index (χ0n) is 12.7. The smallest absolute Gasteiger partial charge is 0.320 e. The molecule has 1 aliphatic carbocycles. The maximum absolute atomic E-state index is 11.8. The standard InChI is InChI=1S/C15H27NO4/c1-4-6-13(14(17)18)16-11-7-8-12(10(3)9-11)15(19)20-5-2/h10-13,16H,4-9H2,1-3H3,(H,17,18). The number of carbonyl (C=O) groups is 2. The molecule has 0 aromatic carbocycles. The average Bonchev–Trinajstić information content (AvgIpc) is 2.38. The lowest BCUT2D eigenvalue weighted by Gasteiger charge is -2.34. The van der Waals surface area contributed by atoms with Crippen molar-refractivity contribution in [2.24, 2.45) is 11.8 Å². The summed E-state index contributed by atoms with van der Waals surface area (Å²) in [6, 6.07) is -0.292. The number of rotatable bonds is 7. The second-order valence-corrected chi connectivity index (χ2v) is 5.69. The largest absolute Gasteiger partial charge is 0.480 e. The Kier molecular flexibility index (Phi) is 6.99. The normalized spacial score (nSPS) is 27.9. The van der Waals surface area contributed by atoms with Crippen LogP contribution in [0.2, 0.25) is 0 Å². The van der Waals surface area contributed by atoms with Gasteiger partial charge in [0.25, 0.3) is 0 Å². The van der Waals surface area contributed by atoms with Gasteiger partial charge >= 0.3 is 11.9 Å². The summed E-state index contributed by atoms with van der Waals surface area (Å²) < 4.78 is 5.09. The Morgan fingerprint density at radius 3 is 2.55 bits per heavy atom. The lowest BCUT2D eigenvalue weighted by molar-refractivity contribution is -0.151. The molecule has 4 atom stereocenters. The van der Waals surface area contributed by atoms with Crippen molar-refractivity contribution in [3.8, 4) is 0 Å². The zero-order chi connectivity index (χ0) is 15.1. The average molecular weight is 285 g/mol. The molecule has 4 unspecified atom stereocenters. The van der Waals surface area contributed by atoms with E-state index >= 15 is 0 Å². The molecule has 20 heavy (non-hydrogen) atoms. The number of carbonyl (C=O) groups excluding carboxylic acids is 1. The molecule has 0 spiro atoms. The van der Waals surface area contributed by atoms with Crippen LogP contribution >= 0.6 is 0 Å². The van der Waals surface area contributed by atoms with Crippen molar-refractivity contribution in [2.75, 3.05) is 6.61 Å². The summed E-state index contributed by atoms with van der Waals surface area (Å²) in [5.41, 5.74) is 0. The first-order valence-electron chi connectivity index (χ1n) is 7.65. The molecule has 1 saturated carbocycles. The number of ether oxygens (including phenoxy) is 1. The zero-order valence-corrected chi connectivity index (χ0v) is 12.7. The maximum atomic E-state index is 11.8. The third-order valence-corrected chi connectivity index (χ3v) is 4.07. The third-order valence-electron chi connectivity index (χ3n) is 4.07. The summed E-state index contributed by atoms with van der Waals surface area (Å²) in [5.74, 6) is -0.701. The first kappa shape index (κ1) is 17.0. The van der Waals surface area contributed by atoms with Gasteiger partial charge < -0.3 is 15.2 Å². The number of hydrogen-bond donors (Lipinski definition) is 2. The Morgan fingerprint density at radius 1 is 1.35 bits per heavy atom. The number of esters is 1. The number of aliphatic carboxylic acids is 1. The van der Waals surface area contributed by atoms with Gasteiger partial charge in [-0.1, -0.05) is 20.3 Å². The van der Waals surface area contributed by atoms with Crippen LogP contribution in [-0.4, -0.2) is 35.7 Å². The summed E-state index contributed by atoms with van der Waals surface area (Å²) in [6.07, 6.45) is 3.92. The molecular formula is C15H27NO4. The Balaban J connectivity index is 2.50. The van der Waals surface area contributed by atoms with Crippen molar-refractivity contribution in [1.29, 1.82) is 0 Å². The topological polar surface area (TPSA) is 75.6 Å². The number of carboxylic acids is 1. The summed E-state index contributed by atoms with van der Waals surface area (Å²) in [6.45, 7) is 6.27. The summed E-state index contributed by atoms with van der Waals surface area (Å²) in [4.78, 5) is 23.0. The van der Waals surface area contributed by atoms with Gasteiger partial charge in [0.1, 0.15) is 6.04 Å². The molecule has 5 heteroatoms. The van der Waals surface area contributed by atoms with Crippen LogP contribution in [0.5, 0.6) is 0 Å². The van der Waals surface area contributed by atoms with Crippen LogP contribution in [0.1, 0.15) is 52.9 Å². The van der Waals surface area contributed by atoms with E-state index in [-0.39, 0.29) is 23.8 Å². The first-order chi connectivity index (χ1) is 9.49. The molecule has 5 nitrogen and oxygen atoms in total. The highest BCUT2D eigenvalue weighted by Crippen LogP contribution is 2.31. The van der Waals surface area contributed by atoms with Gasteiger partial charge in [-0.15, -0.1) is 0 Å². The summed E-state index contributed by atoms with van der Waals surface area (Å²) >= 11 is 0. The van der Waals surface area contributed by atoms with E-state index in [4.69, 9.17) is 4.74 Å². The van der Waals surface area contributed by atoms with Crippen LogP contribution < -0.4 is 5.32 Å². The second-order valence-electron chi connectivity index (χ2n) is 5.69. The molecule has 2 N–H and O–H groups in total. The Bertz CT molecular complexity index is 332. The van der Waals surface area contributed by atoms with Gasteiger partial charge in [0.2, 0.25) is 0 Å². The van der Waals surface area contributed by atoms with Crippen molar-refractivity contribution < 1.29 is 19.4 Å². The SMILES string of the molecule is CCCC(NC1CCC(C(=O)OCC)C(C)C1)C(=O)O. The molecule has 1 rings (SSSR count). The fourth-order valence-corrected chi connectivity index (χ4v) is 3.00. The molecule has 0 aliphatic heterocycles. The number of hydrogen-bond acceptors (Lipinski definition) is 4. The van der Waals surface area contributed by atoms with Crippen LogP contribution in [0.25, 0.3) is 0 Å². The number of carboxylic acid groups (broad SMARTS) is 1. The molecule has 0 bridgehead atoms. The van der Waals surface area contributed by atoms with E-state index in [1.54, 1.807) is 0 Å². The second kappa shape index (κ2) is 8.25. The molecule has 116 valence electrons. The quantitative estimate of drug-likeness (QED) is 0.701. The van der Waals surface area contributed by atoms with Crippen LogP contribution in [0.3, 0.4) is 0 Å². The lowest BCUT2D eigenvalue weighted by Crippen LogP contribution is -2.47. The van der Waals surface area contributed by atoms with E-state index in [0.29, 0.717) is 13.0 Å². The Hall–Kier alpha value is -1.10. The fourth-order valence-electron chi connectivity index (χ4n) is 3.00. The minimum absolute atomic E-state index is 0.0394. The monoisotopic (exact) mass is 285 g/mol. The van der Waals surface area contributed by atoms with Crippen LogP contribution in [0.15, 0.2) is 0 Å². The van der Waals surface area contributed by atoms with Gasteiger partial charge in [0.05, 0.1) is 12.5 Å². The van der Waals surface area contributed by atoms with E-state index in [1.807, 2.05) is 20.8 Å². The van der Waals surface area contributed by atoms with E-state index in [1.165, 1.54) is 0 Å². The molecule has 0 amide bonds. The predicted molar refractivity (Wildman–Crippen MR) is 76.4 cm³/mol. The van der Waals surface area contributed by atoms with Crippen molar-refractivity contribution in [3.05, 3.63) is 0 Å². The Labute approximate surface area is 121 Å². The van der Waals surface area contributed by atoms with Crippen molar-refractivity contribution in [3.63, 3.8) is 0 Å². The molecule has 0 radical (unpaired) electrons. The maximum Gasteiger partial charge on any atom is 0.320 e. The van der Waals surface area contributed by atoms with E-state index < -0.39 is 12.0 Å². The van der Waals surface area contributed by atoms with E-state index in [9.17, 15) is 14.7 Å². The highest BCUT2D eigenvalue weighted by Gasteiger charge is 2.34. The highest BCUT2D eigenvalue weighted by molar-refractivity contribution is 5.74. The van der Waals surface area contributed by atoms with Gasteiger partial charge in [0.15, 0.2) is 0 Å². The predicted octanol–water partition coefficient (Wildman–Crippen LogP) is 2.20. The van der Waals surface area contributed by atoms with Crippen molar-refractivity contribution in [1.82, 2.24) is 5.32 Å². The first-order valence-corrected chi connectivity index (χ1v) is 7.65. The molecule has 0 aromatic heterocycles. The molecule has 0 aromatic rings. The van der Waals surface area contributed by atoms with Gasteiger partial charge in [-0.05, 0) is 38.5 Å². The molecular weight excluding hydrogens is 258 g/mol. The van der Waals surface area contributed by atoms with Gasteiger partial charge in [-0.2, -0.15) is 0 Å². The minimum Gasteiger partial charge on any atom is -0.480 e. The molecule has 1 fully saturated rings. The summed E-state index contributed by atoms with van der Waals surface area (Å²) in [7, 11) is 0. The molecule has 0 heterocycles. The van der Waals surface area contributed by atoms with Crippen molar-refractivity contribution >= 4 is 11.9 Å². The fraction of sp³-hybridized carbons (Fsp3) is 0.867. The van der Waals surface area contributed by atoms with Crippen LogP contribution in [0.4, 0.5) is 0 Å². The number of nitrogens with one attached hydrogen (secondary N) is 1. The minimum atomic E-state index is -0.785. The van der Waals surface area contributed by atoms with Crippen LogP contribution in [0, 0.1) is 11.8 Å². The van der Waals surface area contributed by atoms with Gasteiger partial charge in [-0.3, -0.25) is 9.59 Å². The molecule has 1 aliphatic rings.